The summed E-state index contributed by atoms with van der Waals surface area (Å²) < 4.78 is 6.31. The van der Waals surface area contributed by atoms with E-state index in [1.165, 1.54) is 11.3 Å². The number of rotatable bonds is 5. The van der Waals surface area contributed by atoms with Gasteiger partial charge in [0.05, 0.1) is 12.1 Å². The minimum absolute atomic E-state index is 0.0127. The van der Waals surface area contributed by atoms with Crippen molar-refractivity contribution in [1.82, 2.24) is 4.90 Å². The third-order valence-corrected chi connectivity index (χ3v) is 5.92. The van der Waals surface area contributed by atoms with Crippen LogP contribution in [0, 0.1) is 0 Å². The maximum absolute atomic E-state index is 12.8. The topological polar surface area (TPSA) is 32.8 Å². The van der Waals surface area contributed by atoms with Gasteiger partial charge < -0.3 is 14.5 Å². The van der Waals surface area contributed by atoms with E-state index < -0.39 is 0 Å². The molecule has 1 heterocycles. The Kier molecular flexibility index (Phi) is 6.66. The molecule has 1 aliphatic heterocycles. The molecule has 0 N–H and O–H groups in total. The fourth-order valence-corrected chi connectivity index (χ4v) is 4.18. The van der Waals surface area contributed by atoms with E-state index in [9.17, 15) is 4.79 Å². The lowest BCUT2D eigenvalue weighted by Gasteiger charge is -2.36. The summed E-state index contributed by atoms with van der Waals surface area (Å²) in [6.07, 6.45) is 2.21. The molecule has 1 fully saturated rings. The van der Waals surface area contributed by atoms with Crippen molar-refractivity contribution in [1.29, 1.82) is 0 Å². The monoisotopic (exact) mass is 450 g/mol. The van der Waals surface area contributed by atoms with Gasteiger partial charge in [0.15, 0.2) is 0 Å². The van der Waals surface area contributed by atoms with Gasteiger partial charge in [0.1, 0.15) is 5.75 Å². The van der Waals surface area contributed by atoms with Crippen LogP contribution in [0.3, 0.4) is 0 Å². The van der Waals surface area contributed by atoms with Gasteiger partial charge >= 0.3 is 0 Å². The first-order valence-corrected chi connectivity index (χ1v) is 10.4. The van der Waals surface area contributed by atoms with Crippen molar-refractivity contribution in [2.45, 2.75) is 19.8 Å². The molecule has 0 saturated carbocycles. The zero-order valence-electron chi connectivity index (χ0n) is 15.7. The van der Waals surface area contributed by atoms with E-state index in [1.807, 2.05) is 4.90 Å². The highest BCUT2D eigenvalue weighted by atomic mass is 79.9. The van der Waals surface area contributed by atoms with E-state index in [4.69, 9.17) is 16.3 Å². The van der Waals surface area contributed by atoms with Crippen LogP contribution in [0.25, 0.3) is 0 Å². The number of carbonyl (C=O) groups is 1. The maximum Gasteiger partial charge on any atom is 0.254 e. The Bertz CT molecular complexity index is 820. The van der Waals surface area contributed by atoms with Gasteiger partial charge in [0, 0.05) is 41.9 Å². The van der Waals surface area contributed by atoms with Crippen LogP contribution in [-0.4, -0.2) is 44.1 Å². The average molecular weight is 452 g/mol. The van der Waals surface area contributed by atoms with E-state index in [-0.39, 0.29) is 5.91 Å². The van der Waals surface area contributed by atoms with Gasteiger partial charge in [-0.3, -0.25) is 4.79 Å². The minimum Gasteiger partial charge on any atom is -0.495 e. The van der Waals surface area contributed by atoms with Crippen molar-refractivity contribution in [2.75, 3.05) is 38.2 Å². The Morgan fingerprint density at radius 3 is 2.48 bits per heavy atom. The molecule has 0 radical (unpaired) electrons. The molecule has 2 aromatic carbocycles. The summed E-state index contributed by atoms with van der Waals surface area (Å²) in [5.41, 5.74) is 3.13. The van der Waals surface area contributed by atoms with Crippen LogP contribution in [0.5, 0.6) is 5.75 Å². The van der Waals surface area contributed by atoms with Crippen molar-refractivity contribution in [3.05, 3.63) is 57.0 Å². The van der Waals surface area contributed by atoms with Crippen LogP contribution < -0.4 is 9.64 Å². The summed E-state index contributed by atoms with van der Waals surface area (Å²) in [5, 5.41) is 0.457. The fourth-order valence-electron chi connectivity index (χ4n) is 3.35. The van der Waals surface area contributed by atoms with E-state index in [1.54, 1.807) is 25.3 Å². The quantitative estimate of drug-likeness (QED) is 0.639. The lowest BCUT2D eigenvalue weighted by molar-refractivity contribution is 0.0747. The van der Waals surface area contributed by atoms with Crippen molar-refractivity contribution in [3.8, 4) is 5.75 Å². The lowest BCUT2D eigenvalue weighted by atomic mass is 10.1. The molecule has 0 spiro atoms. The number of piperazine rings is 1. The Morgan fingerprint density at radius 2 is 1.89 bits per heavy atom. The highest BCUT2D eigenvalue weighted by molar-refractivity contribution is 9.10. The van der Waals surface area contributed by atoms with Crippen molar-refractivity contribution in [2.24, 2.45) is 0 Å². The third-order valence-electron chi connectivity index (χ3n) is 4.89. The van der Waals surface area contributed by atoms with E-state index in [0.717, 1.165) is 30.4 Å². The van der Waals surface area contributed by atoms with Crippen LogP contribution in [0.2, 0.25) is 5.02 Å². The van der Waals surface area contributed by atoms with Gasteiger partial charge in [-0.15, -0.1) is 0 Å². The molecule has 1 saturated heterocycles. The molecule has 6 heteroatoms. The molecule has 27 heavy (non-hydrogen) atoms. The molecular weight excluding hydrogens is 428 g/mol. The number of amides is 1. The highest BCUT2D eigenvalue weighted by Crippen LogP contribution is 2.28. The van der Waals surface area contributed by atoms with Gasteiger partial charge in [0.25, 0.3) is 5.91 Å². The molecule has 0 aromatic heterocycles. The molecule has 0 atom stereocenters. The first-order chi connectivity index (χ1) is 13.0. The predicted molar refractivity (Wildman–Crippen MR) is 114 cm³/mol. The van der Waals surface area contributed by atoms with Crippen LogP contribution in [0.4, 0.5) is 5.69 Å². The molecule has 4 nitrogen and oxygen atoms in total. The summed E-state index contributed by atoms with van der Waals surface area (Å²) in [6.45, 7) is 5.20. The molecule has 0 unspecified atom stereocenters. The third kappa shape index (κ3) is 4.58. The highest BCUT2D eigenvalue weighted by Gasteiger charge is 2.23. The van der Waals surface area contributed by atoms with Crippen molar-refractivity contribution in [3.63, 3.8) is 0 Å². The molecular formula is C21H24BrClN2O2. The van der Waals surface area contributed by atoms with Crippen LogP contribution in [0.15, 0.2) is 40.9 Å². The Balaban J connectivity index is 1.64. The Morgan fingerprint density at radius 1 is 1.15 bits per heavy atom. The summed E-state index contributed by atoms with van der Waals surface area (Å²) in [7, 11) is 1.56. The first-order valence-electron chi connectivity index (χ1n) is 9.19. The number of benzene rings is 2. The van der Waals surface area contributed by atoms with Crippen LogP contribution in [0.1, 0.15) is 29.3 Å². The number of nitrogens with zero attached hydrogens (tertiary/aromatic N) is 2. The van der Waals surface area contributed by atoms with Crippen molar-refractivity contribution >= 4 is 39.1 Å². The number of halogens is 2. The smallest absolute Gasteiger partial charge is 0.254 e. The van der Waals surface area contributed by atoms with E-state index in [2.05, 4.69) is 46.0 Å². The fraction of sp³-hybridized carbons (Fsp3) is 0.381. The molecule has 3 rings (SSSR count). The molecule has 1 aliphatic rings. The average Bonchev–Trinajstić information content (AvgIpc) is 2.69. The molecule has 0 bridgehead atoms. The SMILES string of the molecule is CCCc1ccc(N2CCN(C(=O)c3ccc(OC)c(Cl)c3)CC2)cc1Br. The largest absolute Gasteiger partial charge is 0.495 e. The second kappa shape index (κ2) is 8.98. The Hall–Kier alpha value is -1.72. The zero-order valence-corrected chi connectivity index (χ0v) is 18.0. The molecule has 2 aromatic rings. The standard InChI is InChI=1S/C21H24BrClN2O2/c1-3-4-15-5-7-17(14-18(15)22)24-9-11-25(12-10-24)21(26)16-6-8-20(27-2)19(23)13-16/h5-8,13-14H,3-4,9-12H2,1-2H3. The second-order valence-corrected chi connectivity index (χ2v) is 7.92. The molecule has 144 valence electrons. The molecule has 0 aliphatic carbocycles. The normalized spacial score (nSPS) is 14.4. The van der Waals surface area contributed by atoms with E-state index >= 15 is 0 Å². The minimum atomic E-state index is 0.0127. The Labute approximate surface area is 174 Å². The van der Waals surface area contributed by atoms with Gasteiger partial charge in [-0.05, 0) is 42.3 Å². The zero-order chi connectivity index (χ0) is 19.4. The summed E-state index contributed by atoms with van der Waals surface area (Å²) in [5.74, 6) is 0.591. The maximum atomic E-state index is 12.8. The number of ether oxygens (including phenoxy) is 1. The number of aryl methyl sites for hydroxylation is 1. The van der Waals surface area contributed by atoms with Gasteiger partial charge in [-0.25, -0.2) is 0 Å². The first kappa shape index (κ1) is 20.0. The number of carbonyl (C=O) groups excluding carboxylic acids is 1. The summed E-state index contributed by atoms with van der Waals surface area (Å²) >= 11 is 9.84. The second-order valence-electron chi connectivity index (χ2n) is 6.65. The molecule has 1 amide bonds. The summed E-state index contributed by atoms with van der Waals surface area (Å²) in [6, 6.07) is 11.7. The summed E-state index contributed by atoms with van der Waals surface area (Å²) in [4.78, 5) is 17.0. The predicted octanol–water partition coefficient (Wildman–Crippen LogP) is 5.03. The van der Waals surface area contributed by atoms with Crippen LogP contribution in [-0.2, 0) is 6.42 Å². The number of anilines is 1. The van der Waals surface area contributed by atoms with Gasteiger partial charge in [-0.2, -0.15) is 0 Å². The lowest BCUT2D eigenvalue weighted by Crippen LogP contribution is -2.48. The van der Waals surface area contributed by atoms with Crippen LogP contribution >= 0.6 is 27.5 Å². The number of hydrogen-bond donors (Lipinski definition) is 0. The van der Waals surface area contributed by atoms with Gasteiger partial charge in [0.2, 0.25) is 0 Å². The van der Waals surface area contributed by atoms with Crippen molar-refractivity contribution < 1.29 is 9.53 Å². The van der Waals surface area contributed by atoms with E-state index in [0.29, 0.717) is 29.4 Å². The van der Waals surface area contributed by atoms with Gasteiger partial charge in [-0.1, -0.05) is 46.9 Å². The number of methoxy groups -OCH3 is 1. The number of hydrogen-bond acceptors (Lipinski definition) is 3.